The Morgan fingerprint density at radius 3 is 3.07 bits per heavy atom. The number of hydrogen-bond acceptors (Lipinski definition) is 5. The molecule has 142 valence electrons. The molecule has 0 bridgehead atoms. The molecule has 1 fully saturated rings. The van der Waals surface area contributed by atoms with Crippen molar-refractivity contribution in [1.82, 2.24) is 9.88 Å². The van der Waals surface area contributed by atoms with E-state index in [1.165, 1.54) is 25.1 Å². The van der Waals surface area contributed by atoms with Gasteiger partial charge in [0.25, 0.3) is 0 Å². The number of thiocarbonyl (C=S) groups is 1. The zero-order chi connectivity index (χ0) is 19.2. The van der Waals surface area contributed by atoms with E-state index in [2.05, 4.69) is 10.3 Å². The summed E-state index contributed by atoms with van der Waals surface area (Å²) >= 11 is 5.46. The Hall–Kier alpha value is -2.58. The van der Waals surface area contributed by atoms with Crippen LogP contribution in [0.2, 0.25) is 0 Å². The van der Waals surface area contributed by atoms with Crippen LogP contribution in [0.4, 0.5) is 10.1 Å². The van der Waals surface area contributed by atoms with Crippen molar-refractivity contribution >= 4 is 28.8 Å². The number of pyridine rings is 1. The number of halogens is 1. The van der Waals surface area contributed by atoms with E-state index < -0.39 is 5.82 Å². The molecule has 1 aromatic carbocycles. The molecule has 1 aliphatic rings. The molecule has 0 amide bonds. The molecule has 8 heteroatoms. The minimum absolute atomic E-state index is 0.219. The van der Waals surface area contributed by atoms with Crippen LogP contribution in [0, 0.1) is 5.82 Å². The highest BCUT2D eigenvalue weighted by atomic mass is 32.1. The van der Waals surface area contributed by atoms with Gasteiger partial charge in [-0.25, -0.2) is 4.39 Å². The fourth-order valence-corrected chi connectivity index (χ4v) is 3.01. The molecular formula is C19H20FN3O3S. The first kappa shape index (κ1) is 19.2. The number of Topliss-reactive ketones (excluding diaryl/α,β-unsaturated/α-hetero) is 1. The summed E-state index contributed by atoms with van der Waals surface area (Å²) in [6.45, 7) is 3.33. The van der Waals surface area contributed by atoms with E-state index in [1.54, 1.807) is 12.4 Å². The lowest BCUT2D eigenvalue weighted by Gasteiger charge is -2.34. The van der Waals surface area contributed by atoms with Gasteiger partial charge in [0.1, 0.15) is 24.3 Å². The predicted molar refractivity (Wildman–Crippen MR) is 104 cm³/mol. The fraction of sp³-hybridized carbons (Fsp3) is 0.316. The summed E-state index contributed by atoms with van der Waals surface area (Å²) in [7, 11) is 0. The number of rotatable bonds is 5. The number of benzene rings is 1. The molecule has 0 radical (unpaired) electrons. The molecule has 1 aliphatic heterocycles. The molecule has 2 aromatic rings. The number of anilines is 1. The van der Waals surface area contributed by atoms with Gasteiger partial charge in [-0.15, -0.1) is 0 Å². The topological polar surface area (TPSA) is 63.7 Å². The highest BCUT2D eigenvalue weighted by Gasteiger charge is 2.23. The smallest absolute Gasteiger partial charge is 0.173 e. The Bertz CT molecular complexity index is 819. The van der Waals surface area contributed by atoms with Crippen molar-refractivity contribution in [2.45, 2.75) is 13.0 Å². The van der Waals surface area contributed by atoms with Gasteiger partial charge >= 0.3 is 0 Å². The third kappa shape index (κ3) is 5.21. The number of ether oxygens (including phenoxy) is 2. The van der Waals surface area contributed by atoms with Crippen LogP contribution in [0.15, 0.2) is 42.7 Å². The Labute approximate surface area is 162 Å². The molecule has 27 heavy (non-hydrogen) atoms. The van der Waals surface area contributed by atoms with Crippen molar-refractivity contribution in [3.8, 4) is 5.75 Å². The highest BCUT2D eigenvalue weighted by Crippen LogP contribution is 2.21. The second kappa shape index (κ2) is 8.88. The zero-order valence-electron chi connectivity index (χ0n) is 14.9. The van der Waals surface area contributed by atoms with Crippen LogP contribution >= 0.6 is 12.2 Å². The SMILES string of the molecule is CC(=O)c1cc(F)ccc1OCC1CN(C(=S)Nc2cccnc2)CCO1. The molecule has 2 heterocycles. The van der Waals surface area contributed by atoms with Crippen molar-refractivity contribution in [3.63, 3.8) is 0 Å². The van der Waals surface area contributed by atoms with E-state index in [-0.39, 0.29) is 24.1 Å². The maximum atomic E-state index is 13.4. The van der Waals surface area contributed by atoms with Gasteiger partial charge in [-0.2, -0.15) is 0 Å². The minimum atomic E-state index is -0.473. The van der Waals surface area contributed by atoms with Gasteiger partial charge in [0, 0.05) is 19.3 Å². The summed E-state index contributed by atoms with van der Waals surface area (Å²) in [6.07, 6.45) is 3.17. The van der Waals surface area contributed by atoms with Gasteiger partial charge in [-0.1, -0.05) is 0 Å². The number of nitrogens with one attached hydrogen (secondary N) is 1. The largest absolute Gasteiger partial charge is 0.490 e. The summed E-state index contributed by atoms with van der Waals surface area (Å²) in [5, 5.41) is 3.73. The second-order valence-electron chi connectivity index (χ2n) is 6.12. The second-order valence-corrected chi connectivity index (χ2v) is 6.51. The van der Waals surface area contributed by atoms with Crippen LogP contribution < -0.4 is 10.1 Å². The third-order valence-electron chi connectivity index (χ3n) is 4.08. The first-order valence-corrected chi connectivity index (χ1v) is 8.94. The van der Waals surface area contributed by atoms with E-state index in [0.29, 0.717) is 30.6 Å². The van der Waals surface area contributed by atoms with E-state index in [9.17, 15) is 9.18 Å². The summed E-state index contributed by atoms with van der Waals surface area (Å²) in [6, 6.07) is 7.62. The van der Waals surface area contributed by atoms with Crippen LogP contribution in [0.25, 0.3) is 0 Å². The first-order chi connectivity index (χ1) is 13.0. The molecule has 3 rings (SSSR count). The first-order valence-electron chi connectivity index (χ1n) is 8.54. The lowest BCUT2D eigenvalue weighted by molar-refractivity contribution is -0.0281. The van der Waals surface area contributed by atoms with Crippen LogP contribution in [0.1, 0.15) is 17.3 Å². The molecule has 1 unspecified atom stereocenters. The van der Waals surface area contributed by atoms with Crippen LogP contribution in [-0.4, -0.2) is 53.2 Å². The molecular weight excluding hydrogens is 369 g/mol. The van der Waals surface area contributed by atoms with E-state index in [0.717, 1.165) is 5.69 Å². The number of aromatic nitrogens is 1. The van der Waals surface area contributed by atoms with Crippen molar-refractivity contribution in [2.75, 3.05) is 31.6 Å². The molecule has 1 aromatic heterocycles. The minimum Gasteiger partial charge on any atom is -0.490 e. The standard InChI is InChI=1S/C19H20FN3O3S/c1-13(24)17-9-14(20)4-5-18(17)26-12-16-11-23(7-8-25-16)19(27)22-15-3-2-6-21-10-15/h2-6,9-10,16H,7-8,11-12H2,1H3,(H,22,27). The van der Waals surface area contributed by atoms with Crippen LogP contribution in [0.3, 0.4) is 0 Å². The number of hydrogen-bond donors (Lipinski definition) is 1. The monoisotopic (exact) mass is 389 g/mol. The molecule has 0 spiro atoms. The average Bonchev–Trinajstić information content (AvgIpc) is 2.68. The van der Waals surface area contributed by atoms with Gasteiger partial charge in [0.15, 0.2) is 10.9 Å². The number of carbonyl (C=O) groups excluding carboxylic acids is 1. The summed E-state index contributed by atoms with van der Waals surface area (Å²) in [5.74, 6) is -0.377. The number of nitrogens with zero attached hydrogens (tertiary/aromatic N) is 2. The quantitative estimate of drug-likeness (QED) is 0.623. The van der Waals surface area contributed by atoms with E-state index in [1.807, 2.05) is 17.0 Å². The van der Waals surface area contributed by atoms with Crippen molar-refractivity contribution in [1.29, 1.82) is 0 Å². The predicted octanol–water partition coefficient (Wildman–Crippen LogP) is 2.90. The van der Waals surface area contributed by atoms with E-state index >= 15 is 0 Å². The van der Waals surface area contributed by atoms with Gasteiger partial charge in [0.05, 0.1) is 24.1 Å². The fourth-order valence-electron chi connectivity index (χ4n) is 2.73. The van der Waals surface area contributed by atoms with E-state index in [4.69, 9.17) is 21.7 Å². The maximum absolute atomic E-state index is 13.4. The Kier molecular flexibility index (Phi) is 6.31. The molecule has 0 saturated carbocycles. The van der Waals surface area contributed by atoms with Gasteiger partial charge in [-0.3, -0.25) is 9.78 Å². The van der Waals surface area contributed by atoms with Gasteiger partial charge in [-0.05, 0) is 49.5 Å². The van der Waals surface area contributed by atoms with Gasteiger partial charge in [0.2, 0.25) is 0 Å². The zero-order valence-corrected chi connectivity index (χ0v) is 15.7. The lowest BCUT2D eigenvalue weighted by Crippen LogP contribution is -2.49. The molecule has 1 atom stereocenters. The maximum Gasteiger partial charge on any atom is 0.173 e. The molecule has 6 nitrogen and oxygen atoms in total. The summed E-state index contributed by atoms with van der Waals surface area (Å²) in [5.41, 5.74) is 1.04. The lowest BCUT2D eigenvalue weighted by atomic mass is 10.1. The average molecular weight is 389 g/mol. The van der Waals surface area contributed by atoms with Crippen LogP contribution in [0.5, 0.6) is 5.75 Å². The van der Waals surface area contributed by atoms with Crippen molar-refractivity contribution in [2.24, 2.45) is 0 Å². The number of morpholine rings is 1. The molecule has 1 N–H and O–H groups in total. The number of carbonyl (C=O) groups is 1. The third-order valence-corrected chi connectivity index (χ3v) is 4.44. The summed E-state index contributed by atoms with van der Waals surface area (Å²) < 4.78 is 24.8. The summed E-state index contributed by atoms with van der Waals surface area (Å²) in [4.78, 5) is 17.7. The molecule has 1 saturated heterocycles. The number of ketones is 1. The molecule has 0 aliphatic carbocycles. The Balaban J connectivity index is 1.57. The van der Waals surface area contributed by atoms with Crippen LogP contribution in [-0.2, 0) is 4.74 Å². The van der Waals surface area contributed by atoms with Crippen molar-refractivity contribution in [3.05, 3.63) is 54.1 Å². The highest BCUT2D eigenvalue weighted by molar-refractivity contribution is 7.80. The Morgan fingerprint density at radius 2 is 2.33 bits per heavy atom. The van der Waals surface area contributed by atoms with Crippen molar-refractivity contribution < 1.29 is 18.7 Å². The van der Waals surface area contributed by atoms with Gasteiger partial charge < -0.3 is 19.7 Å². The Morgan fingerprint density at radius 1 is 1.48 bits per heavy atom. The normalized spacial score (nSPS) is 16.7.